The van der Waals surface area contributed by atoms with Gasteiger partial charge in [-0.2, -0.15) is 0 Å². The lowest BCUT2D eigenvalue weighted by Crippen LogP contribution is -2.18. The number of hydrogen-bond acceptors (Lipinski definition) is 4. The molecule has 0 bridgehead atoms. The first-order valence-corrected chi connectivity index (χ1v) is 6.98. The quantitative estimate of drug-likeness (QED) is 0.783. The van der Waals surface area contributed by atoms with E-state index in [0.29, 0.717) is 17.7 Å². The van der Waals surface area contributed by atoms with Crippen LogP contribution in [0, 0.1) is 0 Å². The lowest BCUT2D eigenvalue weighted by molar-refractivity contribution is 0.0847. The molecule has 1 saturated carbocycles. The molecule has 0 radical (unpaired) electrons. The molecular formula is C13H22N4O. The zero-order chi connectivity index (χ0) is 12.5. The predicted molar refractivity (Wildman–Crippen MR) is 70.8 cm³/mol. The van der Waals surface area contributed by atoms with Gasteiger partial charge in [-0.1, -0.05) is 12.8 Å². The van der Waals surface area contributed by atoms with Gasteiger partial charge in [-0.3, -0.25) is 0 Å². The number of nitrogens with zero attached hydrogens (tertiary/aromatic N) is 2. The molecule has 0 amide bonds. The Labute approximate surface area is 107 Å². The van der Waals surface area contributed by atoms with Gasteiger partial charge in [-0.25, -0.2) is 9.66 Å². The molecule has 1 aromatic rings. The van der Waals surface area contributed by atoms with Gasteiger partial charge < -0.3 is 16.3 Å². The zero-order valence-corrected chi connectivity index (χ0v) is 10.8. The van der Waals surface area contributed by atoms with E-state index in [1.807, 2.05) is 0 Å². The molecule has 18 heavy (non-hydrogen) atoms. The Morgan fingerprint density at radius 3 is 2.39 bits per heavy atom. The minimum absolute atomic E-state index is 0.420. The number of ether oxygens (including phenoxy) is 1. The Morgan fingerprint density at radius 1 is 1.06 bits per heavy atom. The molecule has 2 heterocycles. The summed E-state index contributed by atoms with van der Waals surface area (Å²) in [5, 5.41) is 0. The Kier molecular flexibility index (Phi) is 3.16. The molecular weight excluding hydrogens is 228 g/mol. The number of anilines is 1. The summed E-state index contributed by atoms with van der Waals surface area (Å²) < 4.78 is 7.02. The van der Waals surface area contributed by atoms with Gasteiger partial charge in [0.25, 0.3) is 0 Å². The van der Waals surface area contributed by atoms with Crippen molar-refractivity contribution >= 4 is 5.82 Å². The van der Waals surface area contributed by atoms with Crippen LogP contribution in [-0.4, -0.2) is 22.9 Å². The zero-order valence-electron chi connectivity index (χ0n) is 10.8. The average molecular weight is 250 g/mol. The maximum absolute atomic E-state index is 6.14. The van der Waals surface area contributed by atoms with Gasteiger partial charge in [0.1, 0.15) is 11.6 Å². The van der Waals surface area contributed by atoms with Gasteiger partial charge in [0, 0.05) is 25.0 Å². The maximum atomic E-state index is 6.14. The van der Waals surface area contributed by atoms with E-state index >= 15 is 0 Å². The fourth-order valence-corrected chi connectivity index (χ4v) is 3.22. The van der Waals surface area contributed by atoms with Gasteiger partial charge in [0.2, 0.25) is 0 Å². The van der Waals surface area contributed by atoms with E-state index in [-0.39, 0.29) is 0 Å². The summed E-state index contributed by atoms with van der Waals surface area (Å²) in [5.41, 5.74) is 7.14. The van der Waals surface area contributed by atoms with Crippen LogP contribution in [0.15, 0.2) is 0 Å². The van der Waals surface area contributed by atoms with Crippen molar-refractivity contribution in [1.82, 2.24) is 9.66 Å². The summed E-state index contributed by atoms with van der Waals surface area (Å²) in [6.45, 7) is 1.61. The molecule has 4 N–H and O–H groups in total. The van der Waals surface area contributed by atoms with Crippen LogP contribution < -0.4 is 11.6 Å². The summed E-state index contributed by atoms with van der Waals surface area (Å²) in [6.07, 6.45) is 6.96. The van der Waals surface area contributed by atoms with Crippen molar-refractivity contribution in [2.45, 2.75) is 50.4 Å². The average Bonchev–Trinajstić information content (AvgIpc) is 3.01. The Hall–Kier alpha value is -1.23. The highest BCUT2D eigenvalue weighted by Crippen LogP contribution is 2.37. The first-order valence-electron chi connectivity index (χ1n) is 6.98. The molecule has 5 nitrogen and oxygen atoms in total. The first-order chi connectivity index (χ1) is 8.77. The van der Waals surface area contributed by atoms with E-state index in [1.54, 1.807) is 4.68 Å². The lowest BCUT2D eigenvalue weighted by Gasteiger charge is -2.20. The molecule has 0 unspecified atom stereocenters. The van der Waals surface area contributed by atoms with Crippen molar-refractivity contribution < 1.29 is 4.74 Å². The smallest absolute Gasteiger partial charge is 0.146 e. The summed E-state index contributed by atoms with van der Waals surface area (Å²) in [6, 6.07) is 0. The van der Waals surface area contributed by atoms with Crippen molar-refractivity contribution in [3.05, 3.63) is 11.5 Å². The number of imidazole rings is 1. The van der Waals surface area contributed by atoms with Crippen LogP contribution in [0.25, 0.3) is 0 Å². The van der Waals surface area contributed by atoms with E-state index in [2.05, 4.69) is 0 Å². The molecule has 5 heteroatoms. The van der Waals surface area contributed by atoms with Gasteiger partial charge in [-0.05, 0) is 25.7 Å². The van der Waals surface area contributed by atoms with E-state index in [4.69, 9.17) is 21.3 Å². The van der Waals surface area contributed by atoms with Crippen LogP contribution in [0.4, 0.5) is 5.82 Å². The van der Waals surface area contributed by atoms with Crippen molar-refractivity contribution in [2.75, 3.05) is 24.8 Å². The molecule has 0 spiro atoms. The van der Waals surface area contributed by atoms with Crippen molar-refractivity contribution in [1.29, 1.82) is 0 Å². The molecule has 1 saturated heterocycles. The van der Waals surface area contributed by atoms with Gasteiger partial charge in [-0.15, -0.1) is 0 Å². The van der Waals surface area contributed by atoms with E-state index in [9.17, 15) is 0 Å². The molecule has 3 rings (SSSR count). The molecule has 0 aromatic carbocycles. The maximum Gasteiger partial charge on any atom is 0.146 e. The summed E-state index contributed by atoms with van der Waals surface area (Å²) in [7, 11) is 0. The number of nitrogens with two attached hydrogens (primary N) is 2. The van der Waals surface area contributed by atoms with Crippen molar-refractivity contribution in [3.8, 4) is 0 Å². The summed E-state index contributed by atoms with van der Waals surface area (Å²) in [4.78, 5) is 4.77. The van der Waals surface area contributed by atoms with Crippen LogP contribution in [0.3, 0.4) is 0 Å². The predicted octanol–water partition coefficient (Wildman–Crippen LogP) is 1.73. The lowest BCUT2D eigenvalue weighted by atomic mass is 9.96. The van der Waals surface area contributed by atoms with Crippen LogP contribution in [-0.2, 0) is 4.74 Å². The van der Waals surface area contributed by atoms with Gasteiger partial charge in [0.05, 0.1) is 5.69 Å². The fraction of sp³-hybridized carbons (Fsp3) is 0.769. The van der Waals surface area contributed by atoms with E-state index < -0.39 is 0 Å². The van der Waals surface area contributed by atoms with Crippen LogP contribution >= 0.6 is 0 Å². The second kappa shape index (κ2) is 4.80. The second-order valence-corrected chi connectivity index (χ2v) is 5.48. The molecule has 1 aromatic heterocycles. The number of aromatic nitrogens is 2. The molecule has 0 atom stereocenters. The highest BCUT2D eigenvalue weighted by Gasteiger charge is 2.28. The van der Waals surface area contributed by atoms with Gasteiger partial charge >= 0.3 is 0 Å². The third-order valence-corrected chi connectivity index (χ3v) is 4.33. The highest BCUT2D eigenvalue weighted by molar-refractivity contribution is 5.41. The Balaban J connectivity index is 1.88. The van der Waals surface area contributed by atoms with E-state index in [1.165, 1.54) is 25.7 Å². The van der Waals surface area contributed by atoms with Crippen LogP contribution in [0.1, 0.15) is 61.9 Å². The number of hydrogen-bond donors (Lipinski definition) is 2. The number of rotatable bonds is 2. The van der Waals surface area contributed by atoms with E-state index in [0.717, 1.165) is 37.6 Å². The minimum atomic E-state index is 0.420. The van der Waals surface area contributed by atoms with Crippen molar-refractivity contribution in [2.24, 2.45) is 0 Å². The monoisotopic (exact) mass is 250 g/mol. The van der Waals surface area contributed by atoms with Crippen LogP contribution in [0.2, 0.25) is 0 Å². The van der Waals surface area contributed by atoms with Crippen LogP contribution in [0.5, 0.6) is 0 Å². The Bertz CT molecular complexity index is 417. The molecule has 1 aliphatic heterocycles. The summed E-state index contributed by atoms with van der Waals surface area (Å²) in [5.74, 6) is 8.66. The number of nitrogen functional groups attached to an aromatic ring is 2. The third-order valence-electron chi connectivity index (χ3n) is 4.33. The normalized spacial score (nSPS) is 22.7. The van der Waals surface area contributed by atoms with Crippen molar-refractivity contribution in [3.63, 3.8) is 0 Å². The molecule has 1 aliphatic carbocycles. The van der Waals surface area contributed by atoms with Gasteiger partial charge in [0.15, 0.2) is 0 Å². The first kappa shape index (κ1) is 11.8. The minimum Gasteiger partial charge on any atom is -0.382 e. The highest BCUT2D eigenvalue weighted by atomic mass is 16.5. The SMILES string of the molecule is Nc1c(C2CCOCC2)nc(C2CCCC2)n1N. The summed E-state index contributed by atoms with van der Waals surface area (Å²) >= 11 is 0. The standard InChI is InChI=1S/C13H22N4O/c14-12-11(9-5-7-18-8-6-9)16-13(17(12)15)10-3-1-2-4-10/h9-10H,1-8,14-15H2. The Morgan fingerprint density at radius 2 is 1.72 bits per heavy atom. The largest absolute Gasteiger partial charge is 0.382 e. The fourth-order valence-electron chi connectivity index (χ4n) is 3.22. The third kappa shape index (κ3) is 1.96. The molecule has 2 fully saturated rings. The topological polar surface area (TPSA) is 79.1 Å². The molecule has 100 valence electrons. The molecule has 2 aliphatic rings. The second-order valence-electron chi connectivity index (χ2n) is 5.48.